The second-order valence-corrected chi connectivity index (χ2v) is 7.26. The van der Waals surface area contributed by atoms with Gasteiger partial charge in [-0.3, -0.25) is 9.59 Å². The third-order valence-electron chi connectivity index (χ3n) is 4.88. The van der Waals surface area contributed by atoms with Crippen LogP contribution in [-0.2, 0) is 4.79 Å². The molecule has 1 atom stereocenters. The van der Waals surface area contributed by atoms with E-state index in [-0.39, 0.29) is 17.2 Å². The number of nitrogens with zero attached hydrogens (tertiary/aromatic N) is 2. The van der Waals surface area contributed by atoms with Gasteiger partial charge in [0.05, 0.1) is 5.69 Å². The van der Waals surface area contributed by atoms with Gasteiger partial charge in [0.1, 0.15) is 0 Å². The minimum Gasteiger partial charge on any atom is -0.338 e. The molecule has 3 heterocycles. The fourth-order valence-corrected chi connectivity index (χ4v) is 4.33. The van der Waals surface area contributed by atoms with Gasteiger partial charge in [0, 0.05) is 42.4 Å². The maximum absolute atomic E-state index is 12.6. The molecule has 0 aliphatic carbocycles. The van der Waals surface area contributed by atoms with E-state index < -0.39 is 0 Å². The molecular weight excluding hydrogens is 308 g/mol. The SMILES string of the molecule is O=C(c1ccccc1)N1CCC2(CC(=O)N(c3ccsc3)C2)C1. The van der Waals surface area contributed by atoms with E-state index in [0.717, 1.165) is 30.8 Å². The topological polar surface area (TPSA) is 40.6 Å². The maximum Gasteiger partial charge on any atom is 0.253 e. The summed E-state index contributed by atoms with van der Waals surface area (Å²) in [5, 5.41) is 4.01. The predicted octanol–water partition coefficient (Wildman–Crippen LogP) is 3.02. The molecule has 5 heteroatoms. The zero-order chi connectivity index (χ0) is 15.9. The average Bonchev–Trinajstić information content (AvgIpc) is 3.29. The van der Waals surface area contributed by atoms with Crippen LogP contribution in [0.1, 0.15) is 23.2 Å². The molecule has 23 heavy (non-hydrogen) atoms. The molecule has 0 bridgehead atoms. The first kappa shape index (κ1) is 14.5. The van der Waals surface area contributed by atoms with Gasteiger partial charge >= 0.3 is 0 Å². The Morgan fingerprint density at radius 2 is 1.96 bits per heavy atom. The van der Waals surface area contributed by atoms with Crippen molar-refractivity contribution in [3.63, 3.8) is 0 Å². The van der Waals surface area contributed by atoms with E-state index in [1.165, 1.54) is 0 Å². The third-order valence-corrected chi connectivity index (χ3v) is 5.56. The highest BCUT2D eigenvalue weighted by molar-refractivity contribution is 7.08. The number of likely N-dealkylation sites (tertiary alicyclic amines) is 1. The minimum atomic E-state index is -0.0799. The van der Waals surface area contributed by atoms with E-state index in [4.69, 9.17) is 0 Å². The first-order chi connectivity index (χ1) is 11.2. The second-order valence-electron chi connectivity index (χ2n) is 6.48. The first-order valence-electron chi connectivity index (χ1n) is 7.84. The fourth-order valence-electron chi connectivity index (χ4n) is 3.69. The lowest BCUT2D eigenvalue weighted by molar-refractivity contribution is -0.117. The van der Waals surface area contributed by atoms with Gasteiger partial charge < -0.3 is 9.80 Å². The Morgan fingerprint density at radius 1 is 1.13 bits per heavy atom. The van der Waals surface area contributed by atoms with Gasteiger partial charge in [-0.2, -0.15) is 11.3 Å². The minimum absolute atomic E-state index is 0.0731. The van der Waals surface area contributed by atoms with E-state index in [9.17, 15) is 9.59 Å². The molecule has 2 saturated heterocycles. The molecule has 1 unspecified atom stereocenters. The monoisotopic (exact) mass is 326 g/mol. The van der Waals surface area contributed by atoms with Gasteiger partial charge in [0.25, 0.3) is 5.91 Å². The van der Waals surface area contributed by atoms with E-state index in [1.807, 2.05) is 57.0 Å². The smallest absolute Gasteiger partial charge is 0.253 e. The van der Waals surface area contributed by atoms with Gasteiger partial charge in [-0.15, -0.1) is 0 Å². The number of hydrogen-bond donors (Lipinski definition) is 0. The van der Waals surface area contributed by atoms with Gasteiger partial charge in [-0.1, -0.05) is 18.2 Å². The van der Waals surface area contributed by atoms with Crippen molar-refractivity contribution in [1.82, 2.24) is 4.90 Å². The molecule has 1 aromatic carbocycles. The summed E-state index contributed by atoms with van der Waals surface area (Å²) in [5.41, 5.74) is 1.64. The van der Waals surface area contributed by atoms with E-state index in [0.29, 0.717) is 13.0 Å². The largest absolute Gasteiger partial charge is 0.338 e. The molecule has 4 nitrogen and oxygen atoms in total. The van der Waals surface area contributed by atoms with Crippen LogP contribution < -0.4 is 4.90 Å². The number of hydrogen-bond acceptors (Lipinski definition) is 3. The summed E-state index contributed by atoms with van der Waals surface area (Å²) in [4.78, 5) is 28.8. The number of rotatable bonds is 2. The van der Waals surface area contributed by atoms with Crippen molar-refractivity contribution in [2.75, 3.05) is 24.5 Å². The highest BCUT2D eigenvalue weighted by Crippen LogP contribution is 2.42. The summed E-state index contributed by atoms with van der Waals surface area (Å²) in [7, 11) is 0. The molecule has 2 aliphatic heterocycles. The molecule has 1 aromatic heterocycles. The maximum atomic E-state index is 12.6. The molecular formula is C18H18N2O2S. The fraction of sp³-hybridized carbons (Fsp3) is 0.333. The molecule has 4 rings (SSSR count). The van der Waals surface area contributed by atoms with E-state index >= 15 is 0 Å². The summed E-state index contributed by atoms with van der Waals surface area (Å²) in [5.74, 6) is 0.251. The predicted molar refractivity (Wildman–Crippen MR) is 90.7 cm³/mol. The molecule has 1 spiro atoms. The molecule has 118 valence electrons. The van der Waals surface area contributed by atoms with Crippen LogP contribution in [0.2, 0.25) is 0 Å². The van der Waals surface area contributed by atoms with Crippen molar-refractivity contribution >= 4 is 28.8 Å². The van der Waals surface area contributed by atoms with Crippen LogP contribution in [0, 0.1) is 5.41 Å². The Kier molecular flexibility index (Phi) is 3.45. The van der Waals surface area contributed by atoms with Crippen molar-refractivity contribution in [3.05, 3.63) is 52.7 Å². The van der Waals surface area contributed by atoms with Crippen LogP contribution >= 0.6 is 11.3 Å². The van der Waals surface area contributed by atoms with Crippen molar-refractivity contribution in [2.24, 2.45) is 5.41 Å². The summed E-state index contributed by atoms with van der Waals surface area (Å²) >= 11 is 1.60. The molecule has 0 N–H and O–H groups in total. The summed E-state index contributed by atoms with van der Waals surface area (Å²) in [6.45, 7) is 2.13. The van der Waals surface area contributed by atoms with Crippen molar-refractivity contribution in [3.8, 4) is 0 Å². The summed E-state index contributed by atoms with van der Waals surface area (Å²) in [6.07, 6.45) is 1.44. The Labute approximate surface area is 139 Å². The third kappa shape index (κ3) is 2.55. The lowest BCUT2D eigenvalue weighted by atomic mass is 9.86. The van der Waals surface area contributed by atoms with Gasteiger partial charge in [-0.25, -0.2) is 0 Å². The van der Waals surface area contributed by atoms with Crippen LogP contribution in [0.25, 0.3) is 0 Å². The lowest BCUT2D eigenvalue weighted by Crippen LogP contribution is -2.34. The Bertz CT molecular complexity index is 729. The summed E-state index contributed by atoms with van der Waals surface area (Å²) in [6, 6.07) is 11.4. The molecule has 2 amide bonds. The molecule has 0 saturated carbocycles. The average molecular weight is 326 g/mol. The van der Waals surface area contributed by atoms with Crippen LogP contribution in [0.3, 0.4) is 0 Å². The van der Waals surface area contributed by atoms with Crippen LogP contribution in [0.15, 0.2) is 47.2 Å². The number of benzene rings is 1. The number of amides is 2. The zero-order valence-electron chi connectivity index (χ0n) is 12.8. The Hall–Kier alpha value is -2.14. The Balaban J connectivity index is 1.50. The lowest BCUT2D eigenvalue weighted by Gasteiger charge is -2.24. The zero-order valence-corrected chi connectivity index (χ0v) is 13.6. The highest BCUT2D eigenvalue weighted by Gasteiger charge is 2.48. The van der Waals surface area contributed by atoms with Gasteiger partial charge in [0.2, 0.25) is 5.91 Å². The number of anilines is 1. The second kappa shape index (κ2) is 5.49. The Morgan fingerprint density at radius 3 is 2.70 bits per heavy atom. The van der Waals surface area contributed by atoms with Gasteiger partial charge in [-0.05, 0) is 30.0 Å². The van der Waals surface area contributed by atoms with Crippen LogP contribution in [0.5, 0.6) is 0 Å². The van der Waals surface area contributed by atoms with Crippen molar-refractivity contribution in [1.29, 1.82) is 0 Å². The molecule has 2 aliphatic rings. The number of thiophene rings is 1. The van der Waals surface area contributed by atoms with Crippen LogP contribution in [-0.4, -0.2) is 36.3 Å². The highest BCUT2D eigenvalue weighted by atomic mass is 32.1. The molecule has 0 radical (unpaired) electrons. The van der Waals surface area contributed by atoms with E-state index in [1.54, 1.807) is 11.3 Å². The molecule has 2 aromatic rings. The quantitative estimate of drug-likeness (QED) is 0.851. The first-order valence-corrected chi connectivity index (χ1v) is 8.78. The van der Waals surface area contributed by atoms with E-state index in [2.05, 4.69) is 0 Å². The number of carbonyl (C=O) groups excluding carboxylic acids is 2. The molecule has 2 fully saturated rings. The van der Waals surface area contributed by atoms with Crippen molar-refractivity contribution < 1.29 is 9.59 Å². The summed E-state index contributed by atoms with van der Waals surface area (Å²) < 4.78 is 0. The van der Waals surface area contributed by atoms with Crippen LogP contribution in [0.4, 0.5) is 5.69 Å². The normalized spacial score (nSPS) is 23.9. The van der Waals surface area contributed by atoms with Crippen molar-refractivity contribution in [2.45, 2.75) is 12.8 Å². The van der Waals surface area contributed by atoms with Gasteiger partial charge in [0.15, 0.2) is 0 Å². The standard InChI is InChI=1S/C18H18N2O2S/c21-16-10-18(13-20(16)15-6-9-23-11-15)7-8-19(12-18)17(22)14-4-2-1-3-5-14/h1-6,9,11H,7-8,10,12-13H2. The number of carbonyl (C=O) groups is 2.